The molecule has 1 aromatic heterocycles. The Morgan fingerprint density at radius 3 is 2.92 bits per heavy atom. The monoisotopic (exact) mass is 202 g/mol. The Labute approximate surface area is 79.7 Å². The van der Waals surface area contributed by atoms with Gasteiger partial charge in [-0.2, -0.15) is 4.39 Å². The number of nitrogens with two attached hydrogens (primary N) is 1. The summed E-state index contributed by atoms with van der Waals surface area (Å²) in [4.78, 5) is 14.6. The van der Waals surface area contributed by atoms with Crippen molar-refractivity contribution in [2.24, 2.45) is 5.73 Å². The molecule has 1 rings (SSSR count). The lowest BCUT2D eigenvalue weighted by molar-refractivity contribution is 0.0963. The molecule has 2 N–H and O–H groups in total. The van der Waals surface area contributed by atoms with Gasteiger partial charge in [0.15, 0.2) is 5.78 Å². The second-order valence-electron chi connectivity index (χ2n) is 2.64. The van der Waals surface area contributed by atoms with E-state index in [2.05, 4.69) is 4.98 Å². The molecule has 13 heavy (non-hydrogen) atoms. The van der Waals surface area contributed by atoms with E-state index in [1.807, 2.05) is 0 Å². The van der Waals surface area contributed by atoms with E-state index in [4.69, 9.17) is 17.3 Å². The highest BCUT2D eigenvalue weighted by atomic mass is 35.5. The maximum Gasteiger partial charge on any atom is 0.223 e. The second-order valence-corrected chi connectivity index (χ2v) is 3.08. The fraction of sp³-hybridized carbons (Fsp3) is 0.250. The van der Waals surface area contributed by atoms with Gasteiger partial charge in [-0.25, -0.2) is 4.98 Å². The minimum absolute atomic E-state index is 0.164. The number of rotatable bonds is 2. The zero-order chi connectivity index (χ0) is 10.0. The second kappa shape index (κ2) is 3.81. The lowest BCUT2D eigenvalue weighted by Crippen LogP contribution is -2.27. The predicted octanol–water partition coefficient (Wildman–Crippen LogP) is 1.40. The third-order valence-corrected chi connectivity index (χ3v) is 1.69. The maximum atomic E-state index is 12.9. The van der Waals surface area contributed by atoms with E-state index < -0.39 is 17.8 Å². The van der Waals surface area contributed by atoms with E-state index in [9.17, 15) is 9.18 Å². The minimum Gasteiger partial charge on any atom is -0.321 e. The molecule has 1 heterocycles. The highest BCUT2D eigenvalue weighted by Crippen LogP contribution is 2.13. The van der Waals surface area contributed by atoms with Gasteiger partial charge in [0.1, 0.15) is 0 Å². The number of Topliss-reactive ketones (excluding diaryl/α,β-unsaturated/α-hetero) is 1. The Bertz CT molecular complexity index is 341. The first-order chi connectivity index (χ1) is 6.02. The Balaban J connectivity index is 3.13. The Morgan fingerprint density at radius 2 is 2.38 bits per heavy atom. The van der Waals surface area contributed by atoms with Crippen LogP contribution in [-0.2, 0) is 0 Å². The molecule has 0 spiro atoms. The van der Waals surface area contributed by atoms with Gasteiger partial charge in [-0.3, -0.25) is 4.79 Å². The topological polar surface area (TPSA) is 56.0 Å². The first kappa shape index (κ1) is 10.1. The number of carbonyl (C=O) groups excluding carboxylic acids is 1. The zero-order valence-corrected chi connectivity index (χ0v) is 7.68. The molecule has 3 nitrogen and oxygen atoms in total. The summed E-state index contributed by atoms with van der Waals surface area (Å²) in [7, 11) is 0. The Kier molecular flexibility index (Phi) is 2.95. The molecule has 0 amide bonds. The molecule has 0 bridgehead atoms. The molecular formula is C8H8ClFN2O. The molecule has 1 unspecified atom stereocenters. The van der Waals surface area contributed by atoms with Gasteiger partial charge < -0.3 is 5.73 Å². The highest BCUT2D eigenvalue weighted by molar-refractivity contribution is 6.30. The molecule has 1 aromatic rings. The van der Waals surface area contributed by atoms with Crippen molar-refractivity contribution in [2.45, 2.75) is 13.0 Å². The van der Waals surface area contributed by atoms with Gasteiger partial charge in [0, 0.05) is 6.20 Å². The van der Waals surface area contributed by atoms with Crippen LogP contribution in [0.3, 0.4) is 0 Å². The van der Waals surface area contributed by atoms with E-state index in [0.717, 1.165) is 6.20 Å². The van der Waals surface area contributed by atoms with E-state index in [-0.39, 0.29) is 10.6 Å². The zero-order valence-electron chi connectivity index (χ0n) is 6.92. The molecule has 70 valence electrons. The average molecular weight is 203 g/mol. The first-order valence-electron chi connectivity index (χ1n) is 3.63. The largest absolute Gasteiger partial charge is 0.321 e. The van der Waals surface area contributed by atoms with Crippen molar-refractivity contribution >= 4 is 17.4 Å². The van der Waals surface area contributed by atoms with E-state index in [1.54, 1.807) is 0 Å². The highest BCUT2D eigenvalue weighted by Gasteiger charge is 2.16. The SMILES string of the molecule is CC(N)C(=O)c1cc(Cl)cnc1F. The van der Waals surface area contributed by atoms with Crippen LogP contribution in [0.5, 0.6) is 0 Å². The number of nitrogens with zero attached hydrogens (tertiary/aromatic N) is 1. The van der Waals surface area contributed by atoms with E-state index in [0.29, 0.717) is 0 Å². The Morgan fingerprint density at radius 1 is 1.77 bits per heavy atom. The van der Waals surface area contributed by atoms with Crippen LogP contribution in [0.2, 0.25) is 5.02 Å². The summed E-state index contributed by atoms with van der Waals surface area (Å²) in [5, 5.41) is 0.213. The van der Waals surface area contributed by atoms with Crippen molar-refractivity contribution in [3.05, 3.63) is 28.8 Å². The molecule has 0 aromatic carbocycles. The number of ketones is 1. The normalized spacial score (nSPS) is 12.6. The summed E-state index contributed by atoms with van der Waals surface area (Å²) >= 11 is 5.54. The summed E-state index contributed by atoms with van der Waals surface area (Å²) in [6, 6.07) is 0.463. The third kappa shape index (κ3) is 2.23. The van der Waals surface area contributed by atoms with Gasteiger partial charge in [-0.05, 0) is 13.0 Å². The lowest BCUT2D eigenvalue weighted by Gasteiger charge is -2.04. The number of halogens is 2. The molecule has 0 aliphatic heterocycles. The van der Waals surface area contributed by atoms with Crippen LogP contribution < -0.4 is 5.73 Å². The average Bonchev–Trinajstić information content (AvgIpc) is 2.08. The summed E-state index contributed by atoms with van der Waals surface area (Å²) in [5.41, 5.74) is 5.14. The van der Waals surface area contributed by atoms with Crippen LogP contribution in [0.1, 0.15) is 17.3 Å². The predicted molar refractivity (Wildman–Crippen MR) is 47.2 cm³/mol. The quantitative estimate of drug-likeness (QED) is 0.583. The van der Waals surface area contributed by atoms with Crippen LogP contribution in [-0.4, -0.2) is 16.8 Å². The van der Waals surface area contributed by atoms with Crippen molar-refractivity contribution in [1.29, 1.82) is 0 Å². The van der Waals surface area contributed by atoms with Crippen molar-refractivity contribution in [3.8, 4) is 0 Å². The molecule has 0 saturated carbocycles. The Hall–Kier alpha value is -1.00. The van der Waals surface area contributed by atoms with Crippen molar-refractivity contribution in [2.75, 3.05) is 0 Å². The third-order valence-electron chi connectivity index (χ3n) is 1.48. The number of aromatic nitrogens is 1. The summed E-state index contributed by atoms with van der Waals surface area (Å²) in [6.45, 7) is 1.47. The van der Waals surface area contributed by atoms with Crippen molar-refractivity contribution < 1.29 is 9.18 Å². The molecule has 0 saturated heterocycles. The lowest BCUT2D eigenvalue weighted by atomic mass is 10.1. The van der Waals surface area contributed by atoms with Gasteiger partial charge in [0.05, 0.1) is 16.6 Å². The number of hydrogen-bond donors (Lipinski definition) is 1. The summed E-state index contributed by atoms with van der Waals surface area (Å²) in [5.74, 6) is -1.35. The molecule has 0 aliphatic carbocycles. The van der Waals surface area contributed by atoms with Gasteiger partial charge in [0.25, 0.3) is 0 Å². The molecule has 5 heteroatoms. The van der Waals surface area contributed by atoms with E-state index >= 15 is 0 Å². The fourth-order valence-electron chi connectivity index (χ4n) is 0.841. The minimum atomic E-state index is -0.841. The smallest absolute Gasteiger partial charge is 0.223 e. The van der Waals surface area contributed by atoms with Gasteiger partial charge in [0.2, 0.25) is 5.95 Å². The van der Waals surface area contributed by atoms with E-state index in [1.165, 1.54) is 13.0 Å². The van der Waals surface area contributed by atoms with Crippen molar-refractivity contribution in [1.82, 2.24) is 4.98 Å². The van der Waals surface area contributed by atoms with Gasteiger partial charge >= 0.3 is 0 Å². The molecule has 0 aliphatic rings. The van der Waals surface area contributed by atoms with Crippen molar-refractivity contribution in [3.63, 3.8) is 0 Å². The number of pyridine rings is 1. The standard InChI is InChI=1S/C8H8ClFN2O/c1-4(11)7(13)6-2-5(9)3-12-8(6)10/h2-4H,11H2,1H3. The number of carbonyl (C=O) groups is 1. The van der Waals surface area contributed by atoms with Crippen LogP contribution in [0, 0.1) is 5.95 Å². The first-order valence-corrected chi connectivity index (χ1v) is 4.01. The van der Waals surface area contributed by atoms with Crippen LogP contribution in [0.25, 0.3) is 0 Å². The summed E-state index contributed by atoms with van der Waals surface area (Å²) < 4.78 is 12.9. The number of hydrogen-bond acceptors (Lipinski definition) is 3. The summed E-state index contributed by atoms with van der Waals surface area (Å²) in [6.07, 6.45) is 1.13. The molecular weight excluding hydrogens is 195 g/mol. The van der Waals surface area contributed by atoms with Crippen LogP contribution >= 0.6 is 11.6 Å². The molecule has 1 atom stereocenters. The fourth-order valence-corrected chi connectivity index (χ4v) is 0.999. The molecule has 0 radical (unpaired) electrons. The van der Waals surface area contributed by atoms with Gasteiger partial charge in [-0.1, -0.05) is 11.6 Å². The van der Waals surface area contributed by atoms with Crippen LogP contribution in [0.15, 0.2) is 12.3 Å². The molecule has 0 fully saturated rings. The van der Waals surface area contributed by atoms with Gasteiger partial charge in [-0.15, -0.1) is 0 Å². The van der Waals surface area contributed by atoms with Crippen LogP contribution in [0.4, 0.5) is 4.39 Å². The maximum absolute atomic E-state index is 12.9.